The topological polar surface area (TPSA) is 143 Å². The Hall–Kier alpha value is -2.61. The van der Waals surface area contributed by atoms with Crippen molar-refractivity contribution in [3.8, 4) is 0 Å². The van der Waals surface area contributed by atoms with E-state index < -0.39 is 56.0 Å². The highest BCUT2D eigenvalue weighted by molar-refractivity contribution is 7.92. The zero-order valence-electron chi connectivity index (χ0n) is 32.3. The fraction of sp³-hybridized carbons (Fsp3) is 0.675. The fourth-order valence-corrected chi connectivity index (χ4v) is 11.0. The maximum absolute atomic E-state index is 14.5. The predicted molar refractivity (Wildman–Crippen MR) is 200 cm³/mol. The molecule has 10 nitrogen and oxygen atoms in total. The molecule has 2 fully saturated rings. The second-order valence-electron chi connectivity index (χ2n) is 15.5. The van der Waals surface area contributed by atoms with Crippen molar-refractivity contribution in [1.82, 2.24) is 5.32 Å². The molecule has 2 aliphatic carbocycles. The van der Waals surface area contributed by atoms with E-state index in [1.807, 2.05) is 34.7 Å². The van der Waals surface area contributed by atoms with Gasteiger partial charge in [0.25, 0.3) is 10.0 Å². The van der Waals surface area contributed by atoms with Crippen molar-refractivity contribution in [3.05, 3.63) is 59.9 Å². The second-order valence-corrected chi connectivity index (χ2v) is 17.2. The molecule has 0 spiro atoms. The van der Waals surface area contributed by atoms with Crippen LogP contribution in [0.2, 0.25) is 0 Å². The lowest BCUT2D eigenvalue weighted by atomic mass is 9.62. The average molecular weight is 749 g/mol. The zero-order chi connectivity index (χ0) is 38.6. The molecular formula is C40H61FN2O8S. The Labute approximate surface area is 310 Å². The fourth-order valence-electron chi connectivity index (χ4n) is 9.79. The smallest absolute Gasteiger partial charge is 0.340 e. The Kier molecular flexibility index (Phi) is 14.0. The largest absolute Gasteiger partial charge is 0.459 e. The third-order valence-electron chi connectivity index (χ3n) is 12.4. The lowest BCUT2D eigenvalue weighted by Gasteiger charge is -2.53. The first kappa shape index (κ1) is 42.1. The van der Waals surface area contributed by atoms with Crippen LogP contribution in [0.15, 0.2) is 53.4 Å². The number of sulfonamides is 1. The molecule has 2 aromatic carbocycles. The highest BCUT2D eigenvalue weighted by atomic mass is 32.2. The molecule has 0 aromatic heterocycles. The van der Waals surface area contributed by atoms with Gasteiger partial charge >= 0.3 is 5.97 Å². The summed E-state index contributed by atoms with van der Waals surface area (Å²) in [7, 11) is 0.769. The van der Waals surface area contributed by atoms with Crippen molar-refractivity contribution < 1.29 is 42.0 Å². The Morgan fingerprint density at radius 2 is 1.71 bits per heavy atom. The van der Waals surface area contributed by atoms with E-state index in [2.05, 4.69) is 23.9 Å². The van der Waals surface area contributed by atoms with Crippen LogP contribution >= 0.6 is 0 Å². The number of halogens is 1. The number of esters is 1. The van der Waals surface area contributed by atoms with Gasteiger partial charge in [0.15, 0.2) is 0 Å². The van der Waals surface area contributed by atoms with Crippen molar-refractivity contribution in [2.24, 2.45) is 35.5 Å². The normalized spacial score (nSPS) is 32.0. The highest BCUT2D eigenvalue weighted by Gasteiger charge is 2.66. The summed E-state index contributed by atoms with van der Waals surface area (Å²) < 4.78 is 61.1. The molecule has 2 aliphatic rings. The molecular weight excluding hydrogens is 688 g/mol. The molecule has 0 amide bonds. The van der Waals surface area contributed by atoms with Crippen molar-refractivity contribution in [2.75, 3.05) is 26.0 Å². The van der Waals surface area contributed by atoms with Crippen LogP contribution in [0.5, 0.6) is 0 Å². The Balaban J connectivity index is 1.73. The van der Waals surface area contributed by atoms with Gasteiger partial charge in [-0.15, -0.1) is 0 Å². The highest BCUT2D eigenvalue weighted by Crippen LogP contribution is 2.55. The van der Waals surface area contributed by atoms with E-state index in [-0.39, 0.29) is 59.4 Å². The number of benzene rings is 2. The molecule has 12 heteroatoms. The molecule has 3 unspecified atom stereocenters. The van der Waals surface area contributed by atoms with Crippen LogP contribution in [0.3, 0.4) is 0 Å². The monoisotopic (exact) mass is 748 g/mol. The minimum atomic E-state index is -4.36. The minimum absolute atomic E-state index is 0.0129. The molecule has 0 saturated heterocycles. The van der Waals surface area contributed by atoms with Gasteiger partial charge in [-0.05, 0) is 100 Å². The van der Waals surface area contributed by atoms with Gasteiger partial charge in [-0.1, -0.05) is 58.4 Å². The van der Waals surface area contributed by atoms with Gasteiger partial charge < -0.3 is 29.7 Å². The minimum Gasteiger partial charge on any atom is -0.459 e. The van der Waals surface area contributed by atoms with E-state index in [1.54, 1.807) is 26.4 Å². The number of ether oxygens (including phenoxy) is 3. The standard InChI is InChI=1S/C40H61FN2O8S/c1-10-15-29-21-30(39(45,23-26(4)49-8)40(46)25(3)20-24(2)37(40)50-9)22-32(27(5)36(29)42-7)28(6)51-38(44)31-16-11-13-18-34(31)43-52(47,48)35-19-14-12-17-33(35)41/h11-14,16-19,24-30,32,36-37,42-43,45-46H,10,15,20-23H2,1-9H3/t24-,25?,26+,27?,28-,29+,30+,32?,36+,37-,39-,40-/m0/s1. The molecule has 0 bridgehead atoms. The van der Waals surface area contributed by atoms with Gasteiger partial charge in [-0.3, -0.25) is 4.72 Å². The number of carbonyl (C=O) groups is 1. The third-order valence-corrected chi connectivity index (χ3v) is 13.7. The quantitative estimate of drug-likeness (QED) is 0.120. The number of carbonyl (C=O) groups excluding carboxylic acids is 1. The van der Waals surface area contributed by atoms with E-state index in [4.69, 9.17) is 14.2 Å². The number of hydrogen-bond acceptors (Lipinski definition) is 9. The maximum Gasteiger partial charge on any atom is 0.340 e. The molecule has 0 heterocycles. The third kappa shape index (κ3) is 8.22. The lowest BCUT2D eigenvalue weighted by Crippen LogP contribution is -2.67. The molecule has 12 atom stereocenters. The number of hydrogen-bond donors (Lipinski definition) is 4. The number of rotatable bonds is 15. The van der Waals surface area contributed by atoms with Gasteiger partial charge in [0, 0.05) is 32.6 Å². The van der Waals surface area contributed by atoms with Crippen molar-refractivity contribution in [3.63, 3.8) is 0 Å². The summed E-state index contributed by atoms with van der Waals surface area (Å²) in [6, 6.07) is 11.1. The first-order chi connectivity index (χ1) is 24.5. The maximum atomic E-state index is 14.5. The van der Waals surface area contributed by atoms with Crippen LogP contribution in [0.25, 0.3) is 0 Å². The molecule has 292 valence electrons. The van der Waals surface area contributed by atoms with Gasteiger partial charge in [-0.2, -0.15) is 0 Å². The summed E-state index contributed by atoms with van der Waals surface area (Å²) in [6.07, 6.45) is 2.16. The van der Waals surface area contributed by atoms with E-state index in [0.717, 1.165) is 25.0 Å². The zero-order valence-corrected chi connectivity index (χ0v) is 33.1. The van der Waals surface area contributed by atoms with Crippen molar-refractivity contribution in [1.29, 1.82) is 0 Å². The average Bonchev–Trinajstić information content (AvgIpc) is 3.23. The lowest BCUT2D eigenvalue weighted by molar-refractivity contribution is -0.252. The molecule has 4 N–H and O–H groups in total. The first-order valence-electron chi connectivity index (χ1n) is 18.7. The van der Waals surface area contributed by atoms with Crippen molar-refractivity contribution >= 4 is 21.7 Å². The number of anilines is 1. The predicted octanol–water partition coefficient (Wildman–Crippen LogP) is 6.42. The van der Waals surface area contributed by atoms with Crippen LogP contribution < -0.4 is 10.0 Å². The van der Waals surface area contributed by atoms with Crippen LogP contribution in [-0.4, -0.2) is 81.4 Å². The van der Waals surface area contributed by atoms with Crippen LogP contribution in [0.4, 0.5) is 10.1 Å². The number of nitrogens with one attached hydrogen (secondary N) is 2. The van der Waals surface area contributed by atoms with Gasteiger partial charge in [0.1, 0.15) is 28.0 Å². The van der Waals surface area contributed by atoms with E-state index >= 15 is 0 Å². The Bertz CT molecular complexity index is 1610. The molecule has 2 aromatic rings. The van der Waals surface area contributed by atoms with E-state index in [1.165, 1.54) is 24.3 Å². The van der Waals surface area contributed by atoms with Crippen LogP contribution in [0, 0.1) is 41.3 Å². The van der Waals surface area contributed by atoms with Crippen molar-refractivity contribution in [2.45, 2.75) is 121 Å². The molecule has 52 heavy (non-hydrogen) atoms. The molecule has 0 radical (unpaired) electrons. The number of aliphatic hydroxyl groups is 2. The summed E-state index contributed by atoms with van der Waals surface area (Å²) >= 11 is 0. The van der Waals surface area contributed by atoms with Crippen LogP contribution in [0.1, 0.15) is 90.4 Å². The van der Waals surface area contributed by atoms with Crippen LogP contribution in [-0.2, 0) is 24.2 Å². The molecule has 2 saturated carbocycles. The Morgan fingerprint density at radius 3 is 2.33 bits per heavy atom. The molecule has 0 aliphatic heterocycles. The van der Waals surface area contributed by atoms with E-state index in [0.29, 0.717) is 19.3 Å². The SMILES string of the molecule is CCC[C@@H]1C[C@@H]([C@@](O)(C[C@@H](C)OC)[C@]2(O)C(C)C[C@H](C)[C@@H]2OC)CC([C@H](C)OC(=O)c2ccccc2NS(=O)(=O)c2ccccc2F)C(C)[C@H]1NC. The second kappa shape index (κ2) is 17.2. The number of para-hydroxylation sites is 1. The molecule has 4 rings (SSSR count). The first-order valence-corrected chi connectivity index (χ1v) is 20.2. The summed E-state index contributed by atoms with van der Waals surface area (Å²) in [6.45, 7) is 12.1. The summed E-state index contributed by atoms with van der Waals surface area (Å²) in [5.41, 5.74) is -3.23. The van der Waals surface area contributed by atoms with Gasteiger partial charge in [0.2, 0.25) is 0 Å². The van der Waals surface area contributed by atoms with Gasteiger partial charge in [0.05, 0.1) is 23.5 Å². The Morgan fingerprint density at radius 1 is 1.06 bits per heavy atom. The number of methoxy groups -OCH3 is 2. The summed E-state index contributed by atoms with van der Waals surface area (Å²) in [5.74, 6) is -2.43. The summed E-state index contributed by atoms with van der Waals surface area (Å²) in [5, 5.41) is 29.6. The van der Waals surface area contributed by atoms with Gasteiger partial charge in [-0.25, -0.2) is 17.6 Å². The van der Waals surface area contributed by atoms with E-state index in [9.17, 15) is 27.8 Å². The summed E-state index contributed by atoms with van der Waals surface area (Å²) in [4.78, 5) is 13.4.